The van der Waals surface area contributed by atoms with Gasteiger partial charge >= 0.3 is 15.6 Å². The van der Waals surface area contributed by atoms with E-state index in [0.29, 0.717) is 0 Å². The van der Waals surface area contributed by atoms with Crippen LogP contribution >= 0.6 is 15.6 Å². The van der Waals surface area contributed by atoms with E-state index in [-0.39, 0.29) is 17.0 Å². The molecule has 0 aliphatic carbocycles. The van der Waals surface area contributed by atoms with Crippen molar-refractivity contribution in [3.8, 4) is 0 Å². The molecule has 0 amide bonds. The summed E-state index contributed by atoms with van der Waals surface area (Å²) in [5.74, 6) is -0.0103. The zero-order chi connectivity index (χ0) is 28.0. The number of rotatable bonds is 9. The van der Waals surface area contributed by atoms with E-state index in [9.17, 15) is 44.4 Å². The van der Waals surface area contributed by atoms with Crippen LogP contribution < -0.4 is 5.73 Å². The summed E-state index contributed by atoms with van der Waals surface area (Å²) in [6.45, 7) is -1.82. The predicted octanol–water partition coefficient (Wildman–Crippen LogP) is -3.92. The Kier molecular flexibility index (Phi) is 8.51. The Morgan fingerprint density at radius 2 is 1.61 bits per heavy atom. The van der Waals surface area contributed by atoms with Crippen LogP contribution in [0.15, 0.2) is 12.7 Å². The van der Waals surface area contributed by atoms with Gasteiger partial charge in [0.25, 0.3) is 0 Å². The third kappa shape index (κ3) is 5.89. The second-order valence-electron chi connectivity index (χ2n) is 8.25. The summed E-state index contributed by atoms with van der Waals surface area (Å²) < 4.78 is 49.4. The van der Waals surface area contributed by atoms with Crippen LogP contribution in [0.3, 0.4) is 0 Å². The summed E-state index contributed by atoms with van der Waals surface area (Å²) in [4.78, 5) is 31.5. The number of nitrogens with two attached hydrogens (primary N) is 1. The minimum Gasteiger partial charge on any atom is -0.394 e. The number of aromatic nitrogens is 4. The van der Waals surface area contributed by atoms with Crippen molar-refractivity contribution in [2.24, 2.45) is 0 Å². The maximum Gasteiger partial charge on any atom is 0.483 e. The van der Waals surface area contributed by atoms with Gasteiger partial charge in [0.05, 0.1) is 13.2 Å². The fourth-order valence-corrected chi connectivity index (χ4v) is 5.97. The topological polar surface area (TPSA) is 312 Å². The zero-order valence-corrected chi connectivity index (χ0v) is 20.7. The van der Waals surface area contributed by atoms with Crippen molar-refractivity contribution < 1.29 is 72.4 Å². The second-order valence-corrected chi connectivity index (χ2v) is 11.2. The highest BCUT2D eigenvalue weighted by Gasteiger charge is 2.49. The molecule has 11 atom stereocenters. The van der Waals surface area contributed by atoms with Crippen LogP contribution in [0.1, 0.15) is 6.23 Å². The number of nitrogens with zero attached hydrogens (tertiary/aromatic N) is 4. The molecule has 2 aromatic heterocycles. The number of nitrogen functional groups attached to an aromatic ring is 1. The summed E-state index contributed by atoms with van der Waals surface area (Å²) in [6.07, 6.45) is -13.3. The van der Waals surface area contributed by atoms with Crippen LogP contribution in [-0.4, -0.2) is 122 Å². The van der Waals surface area contributed by atoms with Crippen molar-refractivity contribution in [3.05, 3.63) is 12.7 Å². The fourth-order valence-electron chi connectivity index (χ4n) is 3.82. The van der Waals surface area contributed by atoms with Gasteiger partial charge in [-0.25, -0.2) is 24.1 Å². The first-order chi connectivity index (χ1) is 17.7. The van der Waals surface area contributed by atoms with Gasteiger partial charge in [0, 0.05) is 0 Å². The predicted molar refractivity (Wildman–Crippen MR) is 117 cm³/mol. The Morgan fingerprint density at radius 1 is 0.921 bits per heavy atom. The first-order valence-electron chi connectivity index (χ1n) is 10.7. The number of fused-ring (bicyclic) bond motifs is 1. The highest BCUT2D eigenvalue weighted by atomic mass is 31.3. The minimum atomic E-state index is -5.57. The number of hydrogen-bond donors (Lipinski definition) is 9. The molecule has 38 heavy (non-hydrogen) atoms. The second kappa shape index (κ2) is 11.0. The van der Waals surface area contributed by atoms with Gasteiger partial charge in [-0.15, -0.1) is 0 Å². The Hall–Kier alpha value is -1.71. The van der Waals surface area contributed by atoms with E-state index < -0.39 is 84.1 Å². The van der Waals surface area contributed by atoms with Gasteiger partial charge in [-0.2, -0.15) is 4.31 Å². The van der Waals surface area contributed by atoms with E-state index >= 15 is 0 Å². The van der Waals surface area contributed by atoms with Crippen LogP contribution in [0, 0.1) is 0 Å². The van der Waals surface area contributed by atoms with E-state index in [1.54, 1.807) is 0 Å². The van der Waals surface area contributed by atoms with E-state index in [1.807, 2.05) is 0 Å². The maximum atomic E-state index is 12.3. The molecule has 2 aliphatic heterocycles. The van der Waals surface area contributed by atoms with Crippen LogP contribution in [-0.2, 0) is 32.0 Å². The lowest BCUT2D eigenvalue weighted by molar-refractivity contribution is -0.280. The molecule has 0 saturated carbocycles. The number of aliphatic hydroxyl groups excluding tert-OH is 6. The molecule has 2 aliphatic rings. The van der Waals surface area contributed by atoms with E-state index in [2.05, 4.69) is 28.3 Å². The van der Waals surface area contributed by atoms with Crippen molar-refractivity contribution >= 4 is 32.6 Å². The molecule has 0 radical (unpaired) electrons. The number of ether oxygens (including phenoxy) is 2. The molecular weight excluding hydrogens is 564 g/mol. The fraction of sp³-hybridized carbons (Fsp3) is 0.688. The summed E-state index contributed by atoms with van der Waals surface area (Å²) in [7, 11) is -11.0. The van der Waals surface area contributed by atoms with Crippen molar-refractivity contribution in [1.29, 1.82) is 0 Å². The Morgan fingerprint density at radius 3 is 2.29 bits per heavy atom. The van der Waals surface area contributed by atoms with Gasteiger partial charge in [-0.3, -0.25) is 13.6 Å². The quantitative estimate of drug-likeness (QED) is 0.126. The number of imidazole rings is 1. The van der Waals surface area contributed by atoms with Crippen LogP contribution in [0.4, 0.5) is 5.82 Å². The molecule has 22 heteroatoms. The number of aliphatic hydroxyl groups is 6. The average molecular weight is 589 g/mol. The molecule has 2 fully saturated rings. The summed E-state index contributed by atoms with van der Waals surface area (Å²) in [5, 5.41) is 59.3. The van der Waals surface area contributed by atoms with Crippen molar-refractivity contribution in [3.63, 3.8) is 0 Å². The molecule has 0 aromatic carbocycles. The molecule has 0 spiro atoms. The molecular formula is C16H25N5O15P2. The zero-order valence-electron chi connectivity index (χ0n) is 19.0. The Balaban J connectivity index is 1.38. The van der Waals surface area contributed by atoms with Gasteiger partial charge in [0.1, 0.15) is 60.9 Å². The van der Waals surface area contributed by atoms with Gasteiger partial charge in [0.2, 0.25) is 0 Å². The average Bonchev–Trinajstić information content (AvgIpc) is 3.39. The SMILES string of the molecule is Nc1ncnc2ncn(C3OC(COP(=O)(O)OP(=O)(O)OC4OC(CO)C(O)C(O)C4O)C(O)C3O)c12. The maximum absolute atomic E-state index is 12.3. The van der Waals surface area contributed by atoms with Gasteiger partial charge in [0.15, 0.2) is 24.0 Å². The summed E-state index contributed by atoms with van der Waals surface area (Å²) in [6, 6.07) is 0. The Bertz CT molecular complexity index is 1230. The first kappa shape index (κ1) is 29.3. The molecule has 2 saturated heterocycles. The molecule has 10 N–H and O–H groups in total. The lowest BCUT2D eigenvalue weighted by Crippen LogP contribution is -2.58. The molecule has 20 nitrogen and oxygen atoms in total. The Labute approximate surface area is 212 Å². The largest absolute Gasteiger partial charge is 0.483 e. The molecule has 4 heterocycles. The molecule has 214 valence electrons. The summed E-state index contributed by atoms with van der Waals surface area (Å²) >= 11 is 0. The normalized spacial score (nSPS) is 37.2. The number of phosphoric ester groups is 2. The van der Waals surface area contributed by atoms with Gasteiger partial charge in [-0.1, -0.05) is 0 Å². The van der Waals surface area contributed by atoms with Gasteiger partial charge in [-0.05, 0) is 0 Å². The smallest absolute Gasteiger partial charge is 0.394 e. The van der Waals surface area contributed by atoms with Crippen molar-refractivity contribution in [2.45, 2.75) is 55.2 Å². The molecule has 0 bridgehead atoms. The third-order valence-electron chi connectivity index (χ3n) is 5.70. The number of anilines is 1. The van der Waals surface area contributed by atoms with E-state index in [4.69, 9.17) is 20.3 Å². The highest BCUT2D eigenvalue weighted by Crippen LogP contribution is 2.61. The third-order valence-corrected chi connectivity index (χ3v) is 8.30. The lowest BCUT2D eigenvalue weighted by atomic mass is 10.00. The monoisotopic (exact) mass is 589 g/mol. The summed E-state index contributed by atoms with van der Waals surface area (Å²) in [5.41, 5.74) is 6.15. The standard InChI is InChI=1S/C16H25N5O15P2/c17-13-7-14(19-3-18-13)20-4-21(7)15-11(26)9(24)6(33-15)2-32-37(28,29)36-38(30,31)35-16-12(27)10(25)8(23)5(1-22)34-16/h3-6,8-12,15-16,22-27H,1-2H2,(H,28,29)(H,30,31)(H2,17,18,19). The molecule has 2 aromatic rings. The van der Waals surface area contributed by atoms with Crippen LogP contribution in [0.5, 0.6) is 0 Å². The lowest BCUT2D eigenvalue weighted by Gasteiger charge is -2.39. The van der Waals surface area contributed by atoms with E-state index in [0.717, 1.165) is 6.33 Å². The van der Waals surface area contributed by atoms with Crippen LogP contribution in [0.25, 0.3) is 11.2 Å². The number of phosphoric acid groups is 2. The van der Waals surface area contributed by atoms with Gasteiger partial charge < -0.3 is 55.6 Å². The van der Waals surface area contributed by atoms with Crippen molar-refractivity contribution in [1.82, 2.24) is 19.5 Å². The minimum absolute atomic E-state index is 0.0103. The first-order valence-corrected chi connectivity index (χ1v) is 13.7. The van der Waals surface area contributed by atoms with Crippen LogP contribution in [0.2, 0.25) is 0 Å². The molecule has 11 unspecified atom stereocenters. The number of hydrogen-bond acceptors (Lipinski definition) is 17. The molecule has 4 rings (SSSR count). The van der Waals surface area contributed by atoms with E-state index in [1.165, 1.54) is 10.9 Å². The van der Waals surface area contributed by atoms with Crippen molar-refractivity contribution in [2.75, 3.05) is 18.9 Å². The highest BCUT2D eigenvalue weighted by molar-refractivity contribution is 7.61.